The Morgan fingerprint density at radius 1 is 1.12 bits per heavy atom. The van der Waals surface area contributed by atoms with Crippen LogP contribution in [0.3, 0.4) is 0 Å². The van der Waals surface area contributed by atoms with Gasteiger partial charge in [0, 0.05) is 43.6 Å². The molecule has 2 aromatic carbocycles. The highest BCUT2D eigenvalue weighted by atomic mass is 16.5. The van der Waals surface area contributed by atoms with Gasteiger partial charge in [0.25, 0.3) is 0 Å². The number of anilines is 2. The summed E-state index contributed by atoms with van der Waals surface area (Å²) in [7, 11) is 1.59. The van der Waals surface area contributed by atoms with Gasteiger partial charge in [-0.3, -0.25) is 4.79 Å². The van der Waals surface area contributed by atoms with Gasteiger partial charge >= 0.3 is 0 Å². The van der Waals surface area contributed by atoms with Crippen LogP contribution in [0.25, 0.3) is 6.08 Å². The van der Waals surface area contributed by atoms with Gasteiger partial charge in [-0.25, -0.2) is 0 Å². The summed E-state index contributed by atoms with van der Waals surface area (Å²) in [5, 5.41) is 2.98. The lowest BCUT2D eigenvalue weighted by Crippen LogP contribution is -2.46. The Bertz CT molecular complexity index is 963. The van der Waals surface area contributed by atoms with Crippen LogP contribution in [0, 0.1) is 6.92 Å². The largest absolute Gasteiger partial charge is 0.493 e. The molecular formula is C26H33N3O3. The molecular weight excluding hydrogens is 402 g/mol. The van der Waals surface area contributed by atoms with E-state index in [4.69, 9.17) is 9.47 Å². The van der Waals surface area contributed by atoms with E-state index >= 15 is 0 Å². The normalized spacial score (nSPS) is 14.4. The monoisotopic (exact) mass is 435 g/mol. The van der Waals surface area contributed by atoms with Gasteiger partial charge in [-0.05, 0) is 61.0 Å². The number of amides is 1. The molecule has 1 aliphatic rings. The molecule has 6 nitrogen and oxygen atoms in total. The Balaban J connectivity index is 1.61. The van der Waals surface area contributed by atoms with Gasteiger partial charge < -0.3 is 24.6 Å². The van der Waals surface area contributed by atoms with Crippen LogP contribution in [0.1, 0.15) is 18.1 Å². The van der Waals surface area contributed by atoms with Gasteiger partial charge in [0.2, 0.25) is 5.91 Å². The minimum atomic E-state index is -0.177. The zero-order valence-corrected chi connectivity index (χ0v) is 19.3. The average molecular weight is 436 g/mol. The van der Waals surface area contributed by atoms with E-state index in [9.17, 15) is 4.79 Å². The topological polar surface area (TPSA) is 54.0 Å². The van der Waals surface area contributed by atoms with E-state index < -0.39 is 0 Å². The van der Waals surface area contributed by atoms with E-state index in [0.717, 1.165) is 49.5 Å². The molecule has 1 amide bonds. The minimum Gasteiger partial charge on any atom is -0.493 e. The van der Waals surface area contributed by atoms with Crippen LogP contribution < -0.4 is 19.7 Å². The van der Waals surface area contributed by atoms with E-state index in [0.29, 0.717) is 18.1 Å². The molecule has 0 bridgehead atoms. The van der Waals surface area contributed by atoms with Gasteiger partial charge in [0.05, 0.1) is 7.11 Å². The molecule has 1 aliphatic heterocycles. The lowest BCUT2D eigenvalue weighted by Gasteiger charge is -2.35. The van der Waals surface area contributed by atoms with Crippen molar-refractivity contribution in [2.75, 3.05) is 56.7 Å². The van der Waals surface area contributed by atoms with Crippen LogP contribution in [0.15, 0.2) is 55.1 Å². The van der Waals surface area contributed by atoms with Gasteiger partial charge in [-0.15, -0.1) is 0 Å². The molecule has 0 unspecified atom stereocenters. The number of aryl methyl sites for hydroxylation is 1. The molecule has 0 aromatic heterocycles. The molecule has 170 valence electrons. The quantitative estimate of drug-likeness (QED) is 0.468. The highest BCUT2D eigenvalue weighted by Gasteiger charge is 2.16. The zero-order valence-electron chi connectivity index (χ0n) is 19.3. The second kappa shape index (κ2) is 11.4. The molecule has 1 saturated heterocycles. The maximum Gasteiger partial charge on any atom is 0.248 e. The second-order valence-electron chi connectivity index (χ2n) is 7.75. The predicted octanol–water partition coefficient (Wildman–Crippen LogP) is 4.36. The summed E-state index contributed by atoms with van der Waals surface area (Å²) < 4.78 is 10.9. The highest BCUT2D eigenvalue weighted by Crippen LogP contribution is 2.29. The fraction of sp³-hybridized carbons (Fsp3) is 0.346. The number of hydrogen-bond acceptors (Lipinski definition) is 5. The fourth-order valence-electron chi connectivity index (χ4n) is 3.71. The maximum absolute atomic E-state index is 12.5. The van der Waals surface area contributed by atoms with Crippen LogP contribution in [0.4, 0.5) is 11.4 Å². The Kier molecular flexibility index (Phi) is 8.34. The zero-order chi connectivity index (χ0) is 22.9. The Hall–Kier alpha value is -3.25. The molecule has 1 heterocycles. The third-order valence-electron chi connectivity index (χ3n) is 5.62. The lowest BCUT2D eigenvalue weighted by atomic mass is 10.1. The van der Waals surface area contributed by atoms with Crippen molar-refractivity contribution in [3.8, 4) is 11.5 Å². The first-order valence-electron chi connectivity index (χ1n) is 11.0. The molecule has 3 rings (SSSR count). The summed E-state index contributed by atoms with van der Waals surface area (Å²) in [6.45, 7) is 13.6. The number of piperazine rings is 1. The molecule has 32 heavy (non-hydrogen) atoms. The van der Waals surface area contributed by atoms with Crippen LogP contribution >= 0.6 is 0 Å². The highest BCUT2D eigenvalue weighted by molar-refractivity contribution is 6.02. The summed E-state index contributed by atoms with van der Waals surface area (Å²) in [6, 6.07) is 11.7. The molecule has 0 saturated carbocycles. The van der Waals surface area contributed by atoms with E-state index in [-0.39, 0.29) is 5.91 Å². The van der Waals surface area contributed by atoms with Crippen molar-refractivity contribution in [1.82, 2.24) is 4.90 Å². The van der Waals surface area contributed by atoms with Gasteiger partial charge in [-0.2, -0.15) is 0 Å². The van der Waals surface area contributed by atoms with Gasteiger partial charge in [-0.1, -0.05) is 25.6 Å². The maximum atomic E-state index is 12.5. The third kappa shape index (κ3) is 6.14. The number of likely N-dealkylation sites (N-methyl/N-ethyl adjacent to an activating group) is 1. The summed E-state index contributed by atoms with van der Waals surface area (Å²) in [6.07, 6.45) is 4.96. The van der Waals surface area contributed by atoms with Crippen LogP contribution in [0.2, 0.25) is 0 Å². The Labute approximate surface area is 191 Å². The van der Waals surface area contributed by atoms with Gasteiger partial charge in [0.15, 0.2) is 11.5 Å². The van der Waals surface area contributed by atoms with E-state index in [2.05, 4.69) is 40.8 Å². The number of rotatable bonds is 9. The van der Waals surface area contributed by atoms with Crippen molar-refractivity contribution in [1.29, 1.82) is 0 Å². The van der Waals surface area contributed by atoms with Crippen molar-refractivity contribution in [2.45, 2.75) is 13.8 Å². The van der Waals surface area contributed by atoms with Crippen molar-refractivity contribution in [3.05, 3.63) is 66.3 Å². The van der Waals surface area contributed by atoms with E-state index in [1.54, 1.807) is 19.3 Å². The Morgan fingerprint density at radius 3 is 2.56 bits per heavy atom. The average Bonchev–Trinajstić information content (AvgIpc) is 2.83. The lowest BCUT2D eigenvalue weighted by molar-refractivity contribution is -0.111. The van der Waals surface area contributed by atoms with E-state index in [1.165, 1.54) is 11.8 Å². The number of nitrogens with zero attached hydrogens (tertiary/aromatic N) is 2. The van der Waals surface area contributed by atoms with Crippen molar-refractivity contribution >= 4 is 23.4 Å². The number of benzene rings is 2. The number of methoxy groups -OCH3 is 1. The number of nitrogens with one attached hydrogen (secondary N) is 1. The molecule has 2 aromatic rings. The first-order valence-corrected chi connectivity index (χ1v) is 11.0. The third-order valence-corrected chi connectivity index (χ3v) is 5.62. The number of carbonyl (C=O) groups excluding carboxylic acids is 1. The summed E-state index contributed by atoms with van der Waals surface area (Å²) >= 11 is 0. The van der Waals surface area contributed by atoms with Crippen molar-refractivity contribution in [2.24, 2.45) is 0 Å². The standard InChI is InChI=1S/C26H33N3O3/c1-5-17-32-24-11-7-21(19-25(24)31-4)8-12-26(30)27-23-10-9-22(18-20(23)3)29-15-13-28(6-2)14-16-29/h5,7-12,18-19H,1,6,13-17H2,2-4H3,(H,27,30)/b12-8+. The van der Waals surface area contributed by atoms with Crippen LogP contribution in [-0.2, 0) is 4.79 Å². The number of ether oxygens (including phenoxy) is 2. The van der Waals surface area contributed by atoms with E-state index in [1.807, 2.05) is 31.2 Å². The van der Waals surface area contributed by atoms with Crippen LogP contribution in [-0.4, -0.2) is 57.2 Å². The van der Waals surface area contributed by atoms with Crippen molar-refractivity contribution in [3.63, 3.8) is 0 Å². The molecule has 1 fully saturated rings. The van der Waals surface area contributed by atoms with Crippen LogP contribution in [0.5, 0.6) is 11.5 Å². The Morgan fingerprint density at radius 2 is 1.91 bits per heavy atom. The van der Waals surface area contributed by atoms with Gasteiger partial charge in [0.1, 0.15) is 6.61 Å². The minimum absolute atomic E-state index is 0.177. The first-order chi connectivity index (χ1) is 15.5. The molecule has 0 spiro atoms. The smallest absolute Gasteiger partial charge is 0.248 e. The summed E-state index contributed by atoms with van der Waals surface area (Å²) in [5.74, 6) is 1.07. The predicted molar refractivity (Wildman–Crippen MR) is 132 cm³/mol. The SMILES string of the molecule is C=CCOc1ccc(/C=C/C(=O)Nc2ccc(N3CCN(CC)CC3)cc2C)cc1OC. The summed E-state index contributed by atoms with van der Waals surface area (Å²) in [5.41, 5.74) is 3.92. The molecule has 0 radical (unpaired) electrons. The molecule has 6 heteroatoms. The van der Waals surface area contributed by atoms with Crippen molar-refractivity contribution < 1.29 is 14.3 Å². The summed E-state index contributed by atoms with van der Waals surface area (Å²) in [4.78, 5) is 17.3. The number of hydrogen-bond donors (Lipinski definition) is 1. The molecule has 0 atom stereocenters. The second-order valence-corrected chi connectivity index (χ2v) is 7.75. The molecule has 0 aliphatic carbocycles. The molecule has 1 N–H and O–H groups in total. The first kappa shape index (κ1) is 23.4. The number of carbonyl (C=O) groups is 1. The fourth-order valence-corrected chi connectivity index (χ4v) is 3.71.